The van der Waals surface area contributed by atoms with Crippen LogP contribution in [0.1, 0.15) is 38.5 Å². The summed E-state index contributed by atoms with van der Waals surface area (Å²) in [6.45, 7) is 4.48. The molecule has 0 atom stereocenters. The number of benzene rings is 8. The van der Waals surface area contributed by atoms with Crippen molar-refractivity contribution in [1.82, 2.24) is 0 Å². The number of rotatable bonds is 6. The maximum absolute atomic E-state index is 2.61. The Labute approximate surface area is 319 Å². The van der Waals surface area contributed by atoms with Crippen molar-refractivity contribution in [3.05, 3.63) is 158 Å². The molecule has 8 aromatic carbocycles. The molecule has 264 valence electrons. The normalized spacial score (nSPS) is 15.0. The van der Waals surface area contributed by atoms with E-state index in [1.54, 1.807) is 0 Å². The summed E-state index contributed by atoms with van der Waals surface area (Å²) < 4.78 is 0. The summed E-state index contributed by atoms with van der Waals surface area (Å²) in [6.07, 6.45) is 7.66. The van der Waals surface area contributed by atoms with Gasteiger partial charge in [-0.3, -0.25) is 0 Å². The molecular weight excluding hydrogens is 653 g/mol. The Kier molecular flexibility index (Phi) is 8.60. The van der Waals surface area contributed by atoms with Crippen molar-refractivity contribution in [2.45, 2.75) is 38.5 Å². The van der Waals surface area contributed by atoms with Crippen LogP contribution in [0.25, 0.3) is 76.8 Å². The Morgan fingerprint density at radius 3 is 1.28 bits per heavy atom. The molecule has 8 aromatic rings. The number of nitrogens with zero attached hydrogens (tertiary/aromatic N) is 2. The minimum atomic E-state index is 1.12. The van der Waals surface area contributed by atoms with E-state index in [2.05, 4.69) is 168 Å². The molecular formula is C52H46N2. The lowest BCUT2D eigenvalue weighted by atomic mass is 9.83. The van der Waals surface area contributed by atoms with Gasteiger partial charge in [0.05, 0.1) is 0 Å². The van der Waals surface area contributed by atoms with E-state index in [0.717, 1.165) is 26.2 Å². The Morgan fingerprint density at radius 2 is 0.741 bits per heavy atom. The molecule has 2 aliphatic heterocycles. The first-order chi connectivity index (χ1) is 26.8. The second-order valence-electron chi connectivity index (χ2n) is 15.4. The summed E-state index contributed by atoms with van der Waals surface area (Å²) in [4.78, 5) is 5.22. The van der Waals surface area contributed by atoms with Gasteiger partial charge in [-0.15, -0.1) is 0 Å². The van der Waals surface area contributed by atoms with Crippen molar-refractivity contribution in [2.24, 2.45) is 0 Å². The average molecular weight is 699 g/mol. The zero-order valence-electron chi connectivity index (χ0n) is 31.0. The molecule has 0 radical (unpaired) electrons. The molecule has 0 bridgehead atoms. The third kappa shape index (κ3) is 6.10. The summed E-state index contributed by atoms with van der Waals surface area (Å²) in [5.41, 5.74) is 12.8. The molecule has 0 saturated carbocycles. The van der Waals surface area contributed by atoms with Crippen LogP contribution in [-0.2, 0) is 0 Å². The van der Waals surface area contributed by atoms with Crippen LogP contribution < -0.4 is 9.80 Å². The monoisotopic (exact) mass is 698 g/mol. The molecule has 2 nitrogen and oxygen atoms in total. The van der Waals surface area contributed by atoms with Gasteiger partial charge < -0.3 is 9.80 Å². The second-order valence-corrected chi connectivity index (χ2v) is 15.4. The SMILES string of the molecule is c1ccc(-c2cc(-c3ccccc3)cc(-c3c4ccc(N5CCCCC5)cc4c(-c4ccc5ccccc5c4)c4ccc(N5CCCCC5)cc34)c2)cc1. The van der Waals surface area contributed by atoms with E-state index in [-0.39, 0.29) is 0 Å². The maximum atomic E-state index is 2.61. The number of fused-ring (bicyclic) bond motifs is 3. The van der Waals surface area contributed by atoms with E-state index < -0.39 is 0 Å². The highest BCUT2D eigenvalue weighted by Gasteiger charge is 2.22. The highest BCUT2D eigenvalue weighted by Crippen LogP contribution is 2.48. The first-order valence-electron chi connectivity index (χ1n) is 20.1. The van der Waals surface area contributed by atoms with Gasteiger partial charge in [0.1, 0.15) is 0 Å². The third-order valence-corrected chi connectivity index (χ3v) is 12.0. The fourth-order valence-electron chi connectivity index (χ4n) is 9.24. The number of piperidine rings is 2. The summed E-state index contributed by atoms with van der Waals surface area (Å²) in [5, 5.41) is 7.83. The Morgan fingerprint density at radius 1 is 0.278 bits per heavy atom. The Bertz CT molecular complexity index is 2550. The van der Waals surface area contributed by atoms with Gasteiger partial charge in [-0.05, 0) is 164 Å². The molecule has 2 saturated heterocycles. The zero-order valence-corrected chi connectivity index (χ0v) is 31.0. The third-order valence-electron chi connectivity index (χ3n) is 12.0. The predicted molar refractivity (Wildman–Crippen MR) is 233 cm³/mol. The molecule has 2 aliphatic rings. The number of hydrogen-bond donors (Lipinski definition) is 0. The number of anilines is 2. The summed E-state index contributed by atoms with van der Waals surface area (Å²) in [5.74, 6) is 0. The summed E-state index contributed by atoms with van der Waals surface area (Å²) >= 11 is 0. The molecule has 0 amide bonds. The van der Waals surface area contributed by atoms with E-state index in [4.69, 9.17) is 0 Å². The topological polar surface area (TPSA) is 6.48 Å². The predicted octanol–water partition coefficient (Wildman–Crippen LogP) is 13.8. The Hall–Kier alpha value is -5.86. The van der Waals surface area contributed by atoms with Crippen LogP contribution in [0.15, 0.2) is 158 Å². The second kappa shape index (κ2) is 14.2. The Balaban J connectivity index is 1.31. The summed E-state index contributed by atoms with van der Waals surface area (Å²) in [7, 11) is 0. The van der Waals surface area contributed by atoms with Gasteiger partial charge in [-0.25, -0.2) is 0 Å². The van der Waals surface area contributed by atoms with Crippen molar-refractivity contribution in [1.29, 1.82) is 0 Å². The molecule has 0 aliphatic carbocycles. The molecule has 0 unspecified atom stereocenters. The summed E-state index contributed by atoms with van der Waals surface area (Å²) in [6, 6.07) is 59.7. The molecule has 2 heteroatoms. The fraction of sp³-hybridized carbons (Fsp3) is 0.192. The molecule has 0 N–H and O–H groups in total. The van der Waals surface area contributed by atoms with Crippen molar-refractivity contribution in [3.8, 4) is 44.5 Å². The number of hydrogen-bond acceptors (Lipinski definition) is 2. The highest BCUT2D eigenvalue weighted by molar-refractivity contribution is 6.23. The first-order valence-corrected chi connectivity index (χ1v) is 20.1. The van der Waals surface area contributed by atoms with Gasteiger partial charge in [0.2, 0.25) is 0 Å². The van der Waals surface area contributed by atoms with Gasteiger partial charge in [0.25, 0.3) is 0 Å². The largest absolute Gasteiger partial charge is 0.372 e. The van der Waals surface area contributed by atoms with E-state index in [0.29, 0.717) is 0 Å². The molecule has 10 rings (SSSR count). The molecule has 54 heavy (non-hydrogen) atoms. The minimum absolute atomic E-state index is 1.12. The minimum Gasteiger partial charge on any atom is -0.372 e. The molecule has 2 heterocycles. The fourth-order valence-corrected chi connectivity index (χ4v) is 9.24. The van der Waals surface area contributed by atoms with Crippen molar-refractivity contribution < 1.29 is 0 Å². The maximum Gasteiger partial charge on any atom is 0.0372 e. The van der Waals surface area contributed by atoms with E-state index in [1.807, 2.05) is 0 Å². The quantitative estimate of drug-likeness (QED) is 0.160. The van der Waals surface area contributed by atoms with Gasteiger partial charge in [-0.1, -0.05) is 109 Å². The van der Waals surface area contributed by atoms with Crippen LogP contribution in [0, 0.1) is 0 Å². The van der Waals surface area contributed by atoms with Gasteiger partial charge in [-0.2, -0.15) is 0 Å². The van der Waals surface area contributed by atoms with Crippen LogP contribution in [0.5, 0.6) is 0 Å². The van der Waals surface area contributed by atoms with Gasteiger partial charge in [0, 0.05) is 37.6 Å². The lowest BCUT2D eigenvalue weighted by Gasteiger charge is -2.30. The van der Waals surface area contributed by atoms with Crippen LogP contribution in [-0.4, -0.2) is 26.2 Å². The highest BCUT2D eigenvalue weighted by atomic mass is 15.1. The lowest BCUT2D eigenvalue weighted by Crippen LogP contribution is -2.29. The van der Waals surface area contributed by atoms with Crippen LogP contribution in [0.4, 0.5) is 11.4 Å². The lowest BCUT2D eigenvalue weighted by molar-refractivity contribution is 0.578. The van der Waals surface area contributed by atoms with Crippen LogP contribution >= 0.6 is 0 Å². The van der Waals surface area contributed by atoms with E-state index >= 15 is 0 Å². The van der Waals surface area contributed by atoms with Gasteiger partial charge in [0.15, 0.2) is 0 Å². The van der Waals surface area contributed by atoms with E-state index in [1.165, 1.54) is 127 Å². The van der Waals surface area contributed by atoms with Crippen LogP contribution in [0.3, 0.4) is 0 Å². The smallest absolute Gasteiger partial charge is 0.0372 e. The molecule has 0 spiro atoms. The van der Waals surface area contributed by atoms with Crippen LogP contribution in [0.2, 0.25) is 0 Å². The molecule has 2 fully saturated rings. The van der Waals surface area contributed by atoms with Gasteiger partial charge >= 0.3 is 0 Å². The molecule has 0 aromatic heterocycles. The first kappa shape index (κ1) is 32.8. The van der Waals surface area contributed by atoms with Crippen molar-refractivity contribution in [2.75, 3.05) is 36.0 Å². The van der Waals surface area contributed by atoms with Crippen molar-refractivity contribution in [3.63, 3.8) is 0 Å². The van der Waals surface area contributed by atoms with E-state index in [9.17, 15) is 0 Å². The average Bonchev–Trinajstić information content (AvgIpc) is 3.26. The standard InChI is InChI=1S/C52H46N2/c1-5-15-37(16-6-1)42-32-43(38-17-7-2-8-18-38)34-44(33-42)52-48-26-24-45(53-27-11-3-12-28-53)35-49(48)51(41-22-21-39-19-9-10-20-40(39)31-41)47-25-23-46(36-50(47)52)54-29-13-4-14-30-54/h1-2,5-10,15-26,31-36H,3-4,11-14,27-30H2. The zero-order chi connectivity index (χ0) is 35.8. The van der Waals surface area contributed by atoms with Crippen molar-refractivity contribution >= 4 is 43.7 Å².